The lowest BCUT2D eigenvalue weighted by molar-refractivity contribution is 0.0729. The van der Waals surface area contributed by atoms with Crippen LogP contribution < -0.4 is 15.2 Å². The summed E-state index contributed by atoms with van der Waals surface area (Å²) < 4.78 is 10.6. The zero-order valence-corrected chi connectivity index (χ0v) is 14.3. The number of primary amides is 1. The maximum absolute atomic E-state index is 12.2. The van der Waals surface area contributed by atoms with Gasteiger partial charge >= 0.3 is 5.97 Å². The Morgan fingerprint density at radius 3 is 2.46 bits per heavy atom. The molecule has 0 radical (unpaired) electrons. The molecule has 9 heteroatoms. The van der Waals surface area contributed by atoms with E-state index in [4.69, 9.17) is 26.8 Å². The highest BCUT2D eigenvalue weighted by Crippen LogP contribution is 2.33. The minimum atomic E-state index is -0.717. The summed E-state index contributed by atoms with van der Waals surface area (Å²) in [5.41, 5.74) is 6.40. The fourth-order valence-corrected chi connectivity index (χ4v) is 2.37. The van der Waals surface area contributed by atoms with Crippen LogP contribution in [0.25, 0.3) is 11.3 Å². The first-order valence-electron chi connectivity index (χ1n) is 7.36. The van der Waals surface area contributed by atoms with Crippen molar-refractivity contribution in [3.63, 3.8) is 0 Å². The Labute approximate surface area is 152 Å². The van der Waals surface area contributed by atoms with E-state index in [1.165, 1.54) is 13.2 Å². The molecule has 3 N–H and O–H groups in total. The SMILES string of the molecule is COc1cc(-c2n[nH]nc2C(N)=O)ccc1OC(=O)c1ccc(Cl)cc1. The molecule has 26 heavy (non-hydrogen) atoms. The van der Waals surface area contributed by atoms with Crippen molar-refractivity contribution < 1.29 is 19.1 Å². The monoisotopic (exact) mass is 372 g/mol. The number of nitrogens with two attached hydrogens (primary N) is 1. The van der Waals surface area contributed by atoms with E-state index in [1.54, 1.807) is 36.4 Å². The molecule has 3 aromatic rings. The highest BCUT2D eigenvalue weighted by molar-refractivity contribution is 6.30. The van der Waals surface area contributed by atoms with Crippen LogP contribution in [-0.4, -0.2) is 34.4 Å². The zero-order chi connectivity index (χ0) is 18.7. The predicted octanol–water partition coefficient (Wildman–Crippen LogP) is 2.45. The van der Waals surface area contributed by atoms with E-state index in [1.807, 2.05) is 0 Å². The number of nitrogens with zero attached hydrogens (tertiary/aromatic N) is 2. The molecule has 0 saturated carbocycles. The number of carbonyl (C=O) groups excluding carboxylic acids is 2. The number of ether oxygens (including phenoxy) is 2. The Balaban J connectivity index is 1.89. The molecule has 0 aliphatic heterocycles. The molecule has 8 nitrogen and oxygen atoms in total. The first-order valence-corrected chi connectivity index (χ1v) is 7.74. The molecule has 0 atom stereocenters. The number of methoxy groups -OCH3 is 1. The number of rotatable bonds is 5. The molecule has 0 unspecified atom stereocenters. The summed E-state index contributed by atoms with van der Waals surface area (Å²) >= 11 is 5.81. The molecular formula is C17H13ClN4O4. The van der Waals surface area contributed by atoms with Gasteiger partial charge in [-0.3, -0.25) is 4.79 Å². The Kier molecular flexibility index (Phi) is 4.85. The molecule has 0 aliphatic carbocycles. The van der Waals surface area contributed by atoms with Gasteiger partial charge in [-0.15, -0.1) is 0 Å². The topological polar surface area (TPSA) is 120 Å². The largest absolute Gasteiger partial charge is 0.493 e. The van der Waals surface area contributed by atoms with Gasteiger partial charge in [-0.2, -0.15) is 15.4 Å². The number of nitrogens with one attached hydrogen (secondary N) is 1. The number of amides is 1. The van der Waals surface area contributed by atoms with E-state index in [0.29, 0.717) is 16.1 Å². The second-order valence-electron chi connectivity index (χ2n) is 5.15. The lowest BCUT2D eigenvalue weighted by atomic mass is 10.1. The van der Waals surface area contributed by atoms with Crippen LogP contribution in [0.4, 0.5) is 0 Å². The fraction of sp³-hybridized carbons (Fsp3) is 0.0588. The molecule has 132 valence electrons. The highest BCUT2D eigenvalue weighted by Gasteiger charge is 2.18. The Hall–Kier alpha value is -3.39. The quantitative estimate of drug-likeness (QED) is 0.524. The lowest BCUT2D eigenvalue weighted by Crippen LogP contribution is -2.13. The van der Waals surface area contributed by atoms with Crippen LogP contribution in [0.2, 0.25) is 5.02 Å². The number of aromatic amines is 1. The number of halogens is 1. The number of esters is 1. The van der Waals surface area contributed by atoms with Gasteiger partial charge in [0, 0.05) is 10.6 Å². The van der Waals surface area contributed by atoms with E-state index >= 15 is 0 Å². The predicted molar refractivity (Wildman–Crippen MR) is 93.3 cm³/mol. The molecular weight excluding hydrogens is 360 g/mol. The molecule has 1 amide bonds. The first-order chi connectivity index (χ1) is 12.5. The number of benzene rings is 2. The molecule has 1 heterocycles. The fourth-order valence-electron chi connectivity index (χ4n) is 2.25. The van der Waals surface area contributed by atoms with Crippen LogP contribution in [0.1, 0.15) is 20.8 Å². The van der Waals surface area contributed by atoms with Crippen molar-refractivity contribution in [2.24, 2.45) is 5.73 Å². The second kappa shape index (κ2) is 7.24. The molecule has 0 saturated heterocycles. The van der Waals surface area contributed by atoms with Crippen LogP contribution >= 0.6 is 11.6 Å². The Morgan fingerprint density at radius 2 is 1.81 bits per heavy atom. The van der Waals surface area contributed by atoms with Gasteiger partial charge in [0.15, 0.2) is 17.2 Å². The third-order valence-electron chi connectivity index (χ3n) is 3.50. The van der Waals surface area contributed by atoms with Gasteiger partial charge in [-0.25, -0.2) is 4.79 Å². The molecule has 0 bridgehead atoms. The summed E-state index contributed by atoms with van der Waals surface area (Å²) in [6, 6.07) is 11.0. The smallest absolute Gasteiger partial charge is 0.343 e. The average molecular weight is 373 g/mol. The van der Waals surface area contributed by atoms with Gasteiger partial charge in [0.2, 0.25) is 0 Å². The van der Waals surface area contributed by atoms with Gasteiger partial charge in [0.05, 0.1) is 12.7 Å². The van der Waals surface area contributed by atoms with Crippen molar-refractivity contribution in [2.45, 2.75) is 0 Å². The van der Waals surface area contributed by atoms with E-state index < -0.39 is 11.9 Å². The summed E-state index contributed by atoms with van der Waals surface area (Å²) in [5.74, 6) is -0.790. The van der Waals surface area contributed by atoms with Crippen LogP contribution in [0.5, 0.6) is 11.5 Å². The van der Waals surface area contributed by atoms with Crippen molar-refractivity contribution in [3.8, 4) is 22.8 Å². The first kappa shape index (κ1) is 17.4. The van der Waals surface area contributed by atoms with Gasteiger partial charge in [0.25, 0.3) is 5.91 Å². The van der Waals surface area contributed by atoms with Gasteiger partial charge < -0.3 is 15.2 Å². The number of hydrogen-bond donors (Lipinski definition) is 2. The Morgan fingerprint density at radius 1 is 1.08 bits per heavy atom. The maximum atomic E-state index is 12.2. The number of H-pyrrole nitrogens is 1. The third-order valence-corrected chi connectivity index (χ3v) is 3.75. The molecule has 0 aliphatic rings. The van der Waals surface area contributed by atoms with E-state index in [2.05, 4.69) is 15.4 Å². The average Bonchev–Trinajstić information content (AvgIpc) is 3.12. The summed E-state index contributed by atoms with van der Waals surface area (Å²) in [7, 11) is 1.43. The summed E-state index contributed by atoms with van der Waals surface area (Å²) in [6.07, 6.45) is 0. The van der Waals surface area contributed by atoms with Gasteiger partial charge in [-0.1, -0.05) is 11.6 Å². The third kappa shape index (κ3) is 3.50. The zero-order valence-electron chi connectivity index (χ0n) is 13.5. The number of aromatic nitrogens is 3. The van der Waals surface area contributed by atoms with Crippen LogP contribution in [-0.2, 0) is 0 Å². The molecule has 3 rings (SSSR count). The summed E-state index contributed by atoms with van der Waals surface area (Å²) in [5, 5.41) is 10.5. The lowest BCUT2D eigenvalue weighted by Gasteiger charge is -2.10. The standard InChI is InChI=1S/C17H13ClN4O4/c1-25-13-8-10(14-15(16(19)23)21-22-20-14)4-7-12(13)26-17(24)9-2-5-11(18)6-3-9/h2-8H,1H3,(H2,19,23)(H,20,21,22). The van der Waals surface area contributed by atoms with Crippen molar-refractivity contribution >= 4 is 23.5 Å². The van der Waals surface area contributed by atoms with Crippen molar-refractivity contribution in [2.75, 3.05) is 7.11 Å². The minimum absolute atomic E-state index is 0.00189. The normalized spacial score (nSPS) is 10.4. The number of carbonyl (C=O) groups is 2. The van der Waals surface area contributed by atoms with E-state index in [0.717, 1.165) is 0 Å². The highest BCUT2D eigenvalue weighted by atomic mass is 35.5. The van der Waals surface area contributed by atoms with Crippen molar-refractivity contribution in [3.05, 3.63) is 58.7 Å². The summed E-state index contributed by atoms with van der Waals surface area (Å²) in [4.78, 5) is 23.6. The molecule has 0 fully saturated rings. The minimum Gasteiger partial charge on any atom is -0.493 e. The number of hydrogen-bond acceptors (Lipinski definition) is 6. The maximum Gasteiger partial charge on any atom is 0.343 e. The van der Waals surface area contributed by atoms with E-state index in [-0.39, 0.29) is 22.9 Å². The molecule has 1 aromatic heterocycles. The van der Waals surface area contributed by atoms with Crippen LogP contribution in [0.15, 0.2) is 42.5 Å². The summed E-state index contributed by atoms with van der Waals surface area (Å²) in [6.45, 7) is 0. The second-order valence-corrected chi connectivity index (χ2v) is 5.58. The van der Waals surface area contributed by atoms with E-state index in [9.17, 15) is 9.59 Å². The van der Waals surface area contributed by atoms with Crippen LogP contribution in [0, 0.1) is 0 Å². The van der Waals surface area contributed by atoms with Gasteiger partial charge in [-0.05, 0) is 42.5 Å². The molecule has 2 aromatic carbocycles. The molecule has 0 spiro atoms. The van der Waals surface area contributed by atoms with Crippen molar-refractivity contribution in [1.82, 2.24) is 15.4 Å². The van der Waals surface area contributed by atoms with Crippen LogP contribution in [0.3, 0.4) is 0 Å². The van der Waals surface area contributed by atoms with Crippen molar-refractivity contribution in [1.29, 1.82) is 0 Å². The Bertz CT molecular complexity index is 969. The van der Waals surface area contributed by atoms with Gasteiger partial charge in [0.1, 0.15) is 5.69 Å².